The van der Waals surface area contributed by atoms with Gasteiger partial charge < -0.3 is 9.84 Å². The van der Waals surface area contributed by atoms with E-state index in [0.29, 0.717) is 11.1 Å². The quantitative estimate of drug-likeness (QED) is 0.673. The molecular formula is C14H12FNO4. The van der Waals surface area contributed by atoms with Crippen LogP contribution >= 0.6 is 0 Å². The minimum absolute atomic E-state index is 0.0497. The van der Waals surface area contributed by atoms with Gasteiger partial charge in [0.1, 0.15) is 18.2 Å². The molecule has 2 aromatic carbocycles. The van der Waals surface area contributed by atoms with Gasteiger partial charge in [0, 0.05) is 12.1 Å². The van der Waals surface area contributed by atoms with Gasteiger partial charge in [-0.15, -0.1) is 0 Å². The van der Waals surface area contributed by atoms with Crippen LogP contribution in [-0.4, -0.2) is 10.0 Å². The van der Waals surface area contributed by atoms with Crippen molar-refractivity contribution in [3.8, 4) is 5.75 Å². The zero-order valence-electron chi connectivity index (χ0n) is 10.5. The van der Waals surface area contributed by atoms with Crippen LogP contribution in [0.4, 0.5) is 10.1 Å². The van der Waals surface area contributed by atoms with Crippen molar-refractivity contribution in [3.63, 3.8) is 0 Å². The highest BCUT2D eigenvalue weighted by atomic mass is 19.1. The van der Waals surface area contributed by atoms with E-state index in [1.165, 1.54) is 18.2 Å². The summed E-state index contributed by atoms with van der Waals surface area (Å²) in [6, 6.07) is 10.0. The van der Waals surface area contributed by atoms with E-state index < -0.39 is 10.7 Å². The van der Waals surface area contributed by atoms with Crippen LogP contribution in [-0.2, 0) is 13.2 Å². The van der Waals surface area contributed by atoms with Gasteiger partial charge >= 0.3 is 0 Å². The summed E-state index contributed by atoms with van der Waals surface area (Å²) in [5.41, 5.74) is 0.723. The third-order valence-corrected chi connectivity index (χ3v) is 2.70. The molecule has 104 valence electrons. The Morgan fingerprint density at radius 1 is 1.25 bits per heavy atom. The van der Waals surface area contributed by atoms with E-state index in [-0.39, 0.29) is 24.7 Å². The van der Waals surface area contributed by atoms with Gasteiger partial charge in [0.15, 0.2) is 0 Å². The Balaban J connectivity index is 2.17. The summed E-state index contributed by atoms with van der Waals surface area (Å²) >= 11 is 0. The van der Waals surface area contributed by atoms with Gasteiger partial charge in [-0.2, -0.15) is 0 Å². The van der Waals surface area contributed by atoms with Crippen molar-refractivity contribution >= 4 is 5.69 Å². The molecule has 6 heteroatoms. The van der Waals surface area contributed by atoms with E-state index in [4.69, 9.17) is 9.84 Å². The van der Waals surface area contributed by atoms with Crippen LogP contribution in [0.25, 0.3) is 0 Å². The third-order valence-electron chi connectivity index (χ3n) is 2.70. The first-order chi connectivity index (χ1) is 9.60. The molecule has 0 aliphatic carbocycles. The summed E-state index contributed by atoms with van der Waals surface area (Å²) < 4.78 is 18.6. The molecule has 0 atom stereocenters. The number of rotatable bonds is 5. The molecule has 5 nitrogen and oxygen atoms in total. The number of halogens is 1. The molecule has 2 aromatic rings. The average molecular weight is 277 g/mol. The average Bonchev–Trinajstić information content (AvgIpc) is 2.44. The highest BCUT2D eigenvalue weighted by Gasteiger charge is 2.13. The highest BCUT2D eigenvalue weighted by Crippen LogP contribution is 2.22. The van der Waals surface area contributed by atoms with Crippen LogP contribution in [0.1, 0.15) is 11.1 Å². The number of aliphatic hydroxyl groups excluding tert-OH is 1. The molecular weight excluding hydrogens is 265 g/mol. The summed E-state index contributed by atoms with van der Waals surface area (Å²) in [5, 5.41) is 19.8. The lowest BCUT2D eigenvalue weighted by atomic mass is 10.2. The maximum absolute atomic E-state index is 13.2. The number of para-hydroxylation sites is 1. The van der Waals surface area contributed by atoms with E-state index in [1.54, 1.807) is 18.2 Å². The fourth-order valence-electron chi connectivity index (χ4n) is 1.77. The number of nitro benzene ring substituents is 1. The molecule has 0 heterocycles. The van der Waals surface area contributed by atoms with Crippen molar-refractivity contribution in [3.05, 3.63) is 69.5 Å². The summed E-state index contributed by atoms with van der Waals surface area (Å²) in [6.07, 6.45) is 0. The summed E-state index contributed by atoms with van der Waals surface area (Å²) in [6.45, 7) is -0.356. The number of ether oxygens (including phenoxy) is 1. The lowest BCUT2D eigenvalue weighted by molar-refractivity contribution is -0.385. The van der Waals surface area contributed by atoms with Crippen LogP contribution in [0.5, 0.6) is 5.75 Å². The van der Waals surface area contributed by atoms with Gasteiger partial charge in [0.25, 0.3) is 5.69 Å². The molecule has 0 saturated heterocycles. The third kappa shape index (κ3) is 3.30. The van der Waals surface area contributed by atoms with Crippen molar-refractivity contribution in [2.45, 2.75) is 13.2 Å². The van der Waals surface area contributed by atoms with Gasteiger partial charge in [0.05, 0.1) is 17.1 Å². The predicted octanol–water partition coefficient (Wildman–Crippen LogP) is 2.81. The fourth-order valence-corrected chi connectivity index (χ4v) is 1.77. The van der Waals surface area contributed by atoms with Crippen molar-refractivity contribution in [1.82, 2.24) is 0 Å². The van der Waals surface area contributed by atoms with Crippen LogP contribution in [0.15, 0.2) is 42.5 Å². The summed E-state index contributed by atoms with van der Waals surface area (Å²) in [7, 11) is 0. The maximum atomic E-state index is 13.2. The second kappa shape index (κ2) is 6.12. The molecule has 0 amide bonds. The number of benzene rings is 2. The monoisotopic (exact) mass is 277 g/mol. The van der Waals surface area contributed by atoms with Crippen LogP contribution in [0.3, 0.4) is 0 Å². The largest absolute Gasteiger partial charge is 0.489 e. The molecule has 1 N–H and O–H groups in total. The molecule has 0 bridgehead atoms. The Kier molecular flexibility index (Phi) is 4.27. The minimum atomic E-state index is -0.533. The van der Waals surface area contributed by atoms with Gasteiger partial charge in [0.2, 0.25) is 0 Å². The standard InChI is InChI=1S/C14H12FNO4/c15-12-5-10(8-17)6-13(7-12)20-9-11-3-1-2-4-14(11)16(18)19/h1-7,17H,8-9H2. The lowest BCUT2D eigenvalue weighted by Crippen LogP contribution is -2.01. The second-order valence-corrected chi connectivity index (χ2v) is 4.13. The number of aliphatic hydroxyl groups is 1. The molecule has 0 unspecified atom stereocenters. The first-order valence-electron chi connectivity index (χ1n) is 5.85. The van der Waals surface area contributed by atoms with Crippen molar-refractivity contribution in [2.75, 3.05) is 0 Å². The summed E-state index contributed by atoms with van der Waals surface area (Å²) in [4.78, 5) is 10.3. The van der Waals surface area contributed by atoms with Crippen LogP contribution in [0, 0.1) is 15.9 Å². The second-order valence-electron chi connectivity index (χ2n) is 4.13. The molecule has 2 rings (SSSR count). The molecule has 0 fully saturated rings. The number of hydrogen-bond donors (Lipinski definition) is 1. The van der Waals surface area contributed by atoms with E-state index in [2.05, 4.69) is 0 Å². The topological polar surface area (TPSA) is 72.6 Å². The molecule has 0 aromatic heterocycles. The van der Waals surface area contributed by atoms with Gasteiger partial charge in [-0.3, -0.25) is 10.1 Å². The molecule has 0 radical (unpaired) electrons. The van der Waals surface area contributed by atoms with E-state index >= 15 is 0 Å². The fraction of sp³-hybridized carbons (Fsp3) is 0.143. The zero-order valence-corrected chi connectivity index (χ0v) is 10.5. The Bertz CT molecular complexity index is 630. The van der Waals surface area contributed by atoms with Gasteiger partial charge in [-0.25, -0.2) is 4.39 Å². The first-order valence-corrected chi connectivity index (χ1v) is 5.85. The van der Waals surface area contributed by atoms with Gasteiger partial charge in [-0.1, -0.05) is 12.1 Å². The lowest BCUT2D eigenvalue weighted by Gasteiger charge is -2.08. The Morgan fingerprint density at radius 2 is 2.00 bits per heavy atom. The van der Waals surface area contributed by atoms with Crippen LogP contribution < -0.4 is 4.74 Å². The predicted molar refractivity (Wildman–Crippen MR) is 69.8 cm³/mol. The highest BCUT2D eigenvalue weighted by molar-refractivity contribution is 5.39. The zero-order chi connectivity index (χ0) is 14.5. The van der Waals surface area contributed by atoms with E-state index in [0.717, 1.165) is 6.07 Å². The molecule has 0 saturated carbocycles. The first kappa shape index (κ1) is 14.0. The number of nitro groups is 1. The van der Waals surface area contributed by atoms with E-state index in [1.807, 2.05) is 0 Å². The SMILES string of the molecule is O=[N+]([O-])c1ccccc1COc1cc(F)cc(CO)c1. The number of nitrogens with zero attached hydrogens (tertiary/aromatic N) is 1. The van der Waals surface area contributed by atoms with Crippen molar-refractivity contribution in [1.29, 1.82) is 0 Å². The van der Waals surface area contributed by atoms with Crippen molar-refractivity contribution < 1.29 is 19.2 Å². The normalized spacial score (nSPS) is 10.3. The smallest absolute Gasteiger partial charge is 0.276 e. The van der Waals surface area contributed by atoms with E-state index in [9.17, 15) is 14.5 Å². The number of hydrogen-bond acceptors (Lipinski definition) is 4. The maximum Gasteiger partial charge on any atom is 0.276 e. The Labute approximate surface area is 114 Å². The van der Waals surface area contributed by atoms with Crippen molar-refractivity contribution in [2.24, 2.45) is 0 Å². The minimum Gasteiger partial charge on any atom is -0.489 e. The molecule has 0 aliphatic rings. The molecule has 0 aliphatic heterocycles. The summed E-state index contributed by atoms with van der Waals surface area (Å²) in [5.74, 6) is -0.318. The van der Waals surface area contributed by atoms with Gasteiger partial charge in [-0.05, 0) is 23.8 Å². The Morgan fingerprint density at radius 3 is 2.70 bits per heavy atom. The Hall–Kier alpha value is -2.47. The van der Waals surface area contributed by atoms with Crippen LogP contribution in [0.2, 0.25) is 0 Å². The molecule has 0 spiro atoms. The molecule has 20 heavy (non-hydrogen) atoms.